The topological polar surface area (TPSA) is 50.7 Å². The first-order valence-electron chi connectivity index (χ1n) is 8.80. The van der Waals surface area contributed by atoms with E-state index >= 15 is 0 Å². The number of hydrogen-bond acceptors (Lipinski definition) is 3. The van der Waals surface area contributed by atoms with Crippen LogP contribution in [0.3, 0.4) is 0 Å². The first-order valence-corrected chi connectivity index (χ1v) is 8.80. The van der Waals surface area contributed by atoms with Crippen LogP contribution in [-0.4, -0.2) is 18.2 Å². The van der Waals surface area contributed by atoms with Crippen molar-refractivity contribution in [1.82, 2.24) is 5.43 Å². The van der Waals surface area contributed by atoms with Gasteiger partial charge in [-0.1, -0.05) is 56.3 Å². The Balaban J connectivity index is 1.54. The van der Waals surface area contributed by atoms with Crippen LogP contribution in [0.2, 0.25) is 0 Å². The first-order chi connectivity index (χ1) is 12.2. The third kappa shape index (κ3) is 4.27. The molecule has 0 aromatic heterocycles. The SMILES string of the molecule is CCC(C)c1ccccc1OCC(=O)NN=C1Cc2ccccc2C1. The van der Waals surface area contributed by atoms with Gasteiger partial charge in [-0.15, -0.1) is 0 Å². The molecule has 2 aromatic carbocycles. The van der Waals surface area contributed by atoms with E-state index in [0.717, 1.165) is 36.3 Å². The van der Waals surface area contributed by atoms with E-state index in [1.54, 1.807) is 0 Å². The van der Waals surface area contributed by atoms with E-state index in [0.29, 0.717) is 5.92 Å². The Morgan fingerprint density at radius 2 is 1.76 bits per heavy atom. The van der Waals surface area contributed by atoms with Crippen LogP contribution >= 0.6 is 0 Å². The number of fused-ring (bicyclic) bond motifs is 1. The fourth-order valence-electron chi connectivity index (χ4n) is 3.04. The minimum atomic E-state index is -0.234. The van der Waals surface area contributed by atoms with E-state index in [1.807, 2.05) is 30.3 Å². The number of benzene rings is 2. The number of hydrogen-bond donors (Lipinski definition) is 1. The number of amides is 1. The summed E-state index contributed by atoms with van der Waals surface area (Å²) < 4.78 is 5.72. The fourth-order valence-corrected chi connectivity index (χ4v) is 3.04. The van der Waals surface area contributed by atoms with Gasteiger partial charge in [-0.05, 0) is 35.1 Å². The van der Waals surface area contributed by atoms with Crippen molar-refractivity contribution in [3.8, 4) is 5.75 Å². The van der Waals surface area contributed by atoms with Crippen molar-refractivity contribution in [1.29, 1.82) is 0 Å². The summed E-state index contributed by atoms with van der Waals surface area (Å²) in [4.78, 5) is 12.1. The molecule has 0 spiro atoms. The highest BCUT2D eigenvalue weighted by molar-refractivity contribution is 5.93. The lowest BCUT2D eigenvalue weighted by molar-refractivity contribution is -0.123. The molecule has 0 saturated heterocycles. The highest BCUT2D eigenvalue weighted by atomic mass is 16.5. The standard InChI is InChI=1S/C21H24N2O2/c1-3-15(2)19-10-6-7-11-20(19)25-14-21(24)23-22-18-12-16-8-4-5-9-17(16)13-18/h4-11,15H,3,12-14H2,1-2H3,(H,23,24). The van der Waals surface area contributed by atoms with Crippen molar-refractivity contribution >= 4 is 11.6 Å². The molecule has 1 amide bonds. The van der Waals surface area contributed by atoms with Crippen LogP contribution in [0.1, 0.15) is 42.9 Å². The molecule has 4 heteroatoms. The lowest BCUT2D eigenvalue weighted by atomic mass is 9.98. The third-order valence-corrected chi connectivity index (χ3v) is 4.67. The molecule has 1 N–H and O–H groups in total. The van der Waals surface area contributed by atoms with E-state index in [4.69, 9.17) is 4.74 Å². The zero-order chi connectivity index (χ0) is 17.6. The van der Waals surface area contributed by atoms with E-state index in [1.165, 1.54) is 11.1 Å². The second kappa shape index (κ2) is 7.97. The minimum Gasteiger partial charge on any atom is -0.483 e. The van der Waals surface area contributed by atoms with Gasteiger partial charge in [0.15, 0.2) is 6.61 Å². The number of nitrogens with one attached hydrogen (secondary N) is 1. The predicted octanol–water partition coefficient (Wildman–Crippen LogP) is 3.85. The molecule has 0 radical (unpaired) electrons. The maximum absolute atomic E-state index is 12.1. The lowest BCUT2D eigenvalue weighted by Gasteiger charge is -2.15. The van der Waals surface area contributed by atoms with Gasteiger partial charge in [-0.2, -0.15) is 5.10 Å². The largest absolute Gasteiger partial charge is 0.483 e. The lowest BCUT2D eigenvalue weighted by Crippen LogP contribution is -2.26. The van der Waals surface area contributed by atoms with Crippen molar-refractivity contribution in [2.45, 2.75) is 39.0 Å². The van der Waals surface area contributed by atoms with E-state index in [-0.39, 0.29) is 12.5 Å². The van der Waals surface area contributed by atoms with Gasteiger partial charge in [0, 0.05) is 18.6 Å². The molecule has 1 aliphatic carbocycles. The molecular formula is C21H24N2O2. The summed E-state index contributed by atoms with van der Waals surface area (Å²) in [7, 11) is 0. The second-order valence-electron chi connectivity index (χ2n) is 6.47. The molecular weight excluding hydrogens is 312 g/mol. The molecule has 2 aromatic rings. The molecule has 0 fully saturated rings. The molecule has 1 unspecified atom stereocenters. The number of carbonyl (C=O) groups is 1. The van der Waals surface area contributed by atoms with E-state index in [9.17, 15) is 4.79 Å². The molecule has 0 aliphatic heterocycles. The van der Waals surface area contributed by atoms with Gasteiger partial charge in [-0.3, -0.25) is 4.79 Å². The summed E-state index contributed by atoms with van der Waals surface area (Å²) in [5, 5.41) is 4.26. The summed E-state index contributed by atoms with van der Waals surface area (Å²) in [6.07, 6.45) is 2.63. The van der Waals surface area contributed by atoms with Gasteiger partial charge in [-0.25, -0.2) is 5.43 Å². The van der Waals surface area contributed by atoms with Gasteiger partial charge in [0.05, 0.1) is 0 Å². The van der Waals surface area contributed by atoms with Crippen LogP contribution < -0.4 is 10.2 Å². The summed E-state index contributed by atoms with van der Waals surface area (Å²) >= 11 is 0. The number of para-hydroxylation sites is 1. The summed E-state index contributed by atoms with van der Waals surface area (Å²) in [5.41, 5.74) is 7.30. The van der Waals surface area contributed by atoms with Crippen LogP contribution in [0.5, 0.6) is 5.75 Å². The number of carbonyl (C=O) groups excluding carboxylic acids is 1. The molecule has 0 bridgehead atoms. The average molecular weight is 336 g/mol. The van der Waals surface area contributed by atoms with Crippen molar-refractivity contribution in [3.63, 3.8) is 0 Å². The third-order valence-electron chi connectivity index (χ3n) is 4.67. The Labute approximate surface area is 148 Å². The Kier molecular flexibility index (Phi) is 5.49. The molecule has 3 rings (SSSR count). The van der Waals surface area contributed by atoms with Crippen molar-refractivity contribution in [3.05, 3.63) is 65.2 Å². The molecule has 0 saturated carbocycles. The van der Waals surface area contributed by atoms with Crippen LogP contribution in [0.25, 0.3) is 0 Å². The van der Waals surface area contributed by atoms with E-state index in [2.05, 4.69) is 42.6 Å². The van der Waals surface area contributed by atoms with Crippen LogP contribution in [-0.2, 0) is 17.6 Å². The highest BCUT2D eigenvalue weighted by Gasteiger charge is 2.16. The molecule has 1 atom stereocenters. The molecule has 25 heavy (non-hydrogen) atoms. The Bertz CT molecular complexity index is 756. The van der Waals surface area contributed by atoms with Crippen LogP contribution in [0.4, 0.5) is 0 Å². The number of ether oxygens (including phenoxy) is 1. The number of nitrogens with zero attached hydrogens (tertiary/aromatic N) is 1. The van der Waals surface area contributed by atoms with Gasteiger partial charge >= 0.3 is 0 Å². The zero-order valence-corrected chi connectivity index (χ0v) is 14.8. The maximum Gasteiger partial charge on any atom is 0.277 e. The molecule has 130 valence electrons. The predicted molar refractivity (Wildman–Crippen MR) is 100 cm³/mol. The smallest absolute Gasteiger partial charge is 0.277 e. The van der Waals surface area contributed by atoms with Gasteiger partial charge in [0.1, 0.15) is 5.75 Å². The Morgan fingerprint density at radius 3 is 2.44 bits per heavy atom. The van der Waals surface area contributed by atoms with Gasteiger partial charge < -0.3 is 4.74 Å². The van der Waals surface area contributed by atoms with Gasteiger partial charge in [0.25, 0.3) is 5.91 Å². The fraction of sp³-hybridized carbons (Fsp3) is 0.333. The second-order valence-corrected chi connectivity index (χ2v) is 6.47. The van der Waals surface area contributed by atoms with Crippen LogP contribution in [0, 0.1) is 0 Å². The van der Waals surface area contributed by atoms with Crippen molar-refractivity contribution < 1.29 is 9.53 Å². The Hall–Kier alpha value is -2.62. The molecule has 0 heterocycles. The van der Waals surface area contributed by atoms with Gasteiger partial charge in [0.2, 0.25) is 0 Å². The first kappa shape index (κ1) is 17.2. The van der Waals surface area contributed by atoms with Crippen molar-refractivity contribution in [2.24, 2.45) is 5.10 Å². The minimum absolute atomic E-state index is 0.0306. The normalized spacial score (nSPS) is 13.9. The molecule has 1 aliphatic rings. The average Bonchev–Trinajstić information content (AvgIpc) is 3.07. The number of hydrazone groups is 1. The number of rotatable bonds is 6. The molecule has 4 nitrogen and oxygen atoms in total. The summed E-state index contributed by atoms with van der Waals surface area (Å²) in [5.74, 6) is 0.937. The zero-order valence-electron chi connectivity index (χ0n) is 14.8. The summed E-state index contributed by atoms with van der Waals surface area (Å²) in [6.45, 7) is 4.27. The van der Waals surface area contributed by atoms with Crippen molar-refractivity contribution in [2.75, 3.05) is 6.61 Å². The maximum atomic E-state index is 12.1. The Morgan fingerprint density at radius 1 is 1.12 bits per heavy atom. The highest BCUT2D eigenvalue weighted by Crippen LogP contribution is 2.28. The van der Waals surface area contributed by atoms with E-state index < -0.39 is 0 Å². The quantitative estimate of drug-likeness (QED) is 0.815. The summed E-state index contributed by atoms with van der Waals surface area (Å²) in [6, 6.07) is 16.2. The monoisotopic (exact) mass is 336 g/mol. The van der Waals surface area contributed by atoms with Crippen LogP contribution in [0.15, 0.2) is 53.6 Å².